The van der Waals surface area contributed by atoms with Gasteiger partial charge in [-0.05, 0) is 30.5 Å². The molecule has 0 saturated carbocycles. The van der Waals surface area contributed by atoms with Crippen molar-refractivity contribution in [2.24, 2.45) is 0 Å². The molecule has 1 N–H and O–H groups in total. The van der Waals surface area contributed by atoms with Crippen LogP contribution in [0.4, 0.5) is 4.39 Å². The number of aliphatic carboxylic acids is 1. The van der Waals surface area contributed by atoms with E-state index < -0.39 is 5.97 Å². The highest BCUT2D eigenvalue weighted by Crippen LogP contribution is 2.28. The van der Waals surface area contributed by atoms with Crippen LogP contribution in [0, 0.1) is 5.82 Å². The van der Waals surface area contributed by atoms with Crippen LogP contribution < -0.4 is 0 Å². The fourth-order valence-corrected chi connectivity index (χ4v) is 2.54. The molecule has 1 heterocycles. The molecule has 0 radical (unpaired) electrons. The van der Waals surface area contributed by atoms with Crippen LogP contribution in [0.1, 0.15) is 18.5 Å². The van der Waals surface area contributed by atoms with Crippen LogP contribution >= 0.6 is 11.3 Å². The second-order valence-corrected chi connectivity index (χ2v) is 4.74. The number of aromatic nitrogens is 1. The van der Waals surface area contributed by atoms with Crippen molar-refractivity contribution in [3.8, 4) is 10.4 Å². The van der Waals surface area contributed by atoms with Gasteiger partial charge in [0, 0.05) is 6.42 Å². The predicted octanol–water partition coefficient (Wildman–Crippen LogP) is 3.36. The molecule has 0 aliphatic heterocycles. The van der Waals surface area contributed by atoms with E-state index in [1.807, 2.05) is 0 Å². The number of hydrogen-bond acceptors (Lipinski definition) is 3. The van der Waals surface area contributed by atoms with Crippen molar-refractivity contribution in [3.05, 3.63) is 41.3 Å². The summed E-state index contributed by atoms with van der Waals surface area (Å²) in [6.45, 7) is 0. The standard InChI is InChI=1S/C13H12FNO2S/c14-10-6-4-9(5-7-10)13-11(15-8-18-13)2-1-3-12(16)17/h4-8H,1-3H2,(H,16,17). The summed E-state index contributed by atoms with van der Waals surface area (Å²) in [5.74, 6) is -1.07. The van der Waals surface area contributed by atoms with Crippen molar-refractivity contribution in [2.75, 3.05) is 0 Å². The number of benzene rings is 1. The second-order valence-electron chi connectivity index (χ2n) is 3.88. The quantitative estimate of drug-likeness (QED) is 0.901. The highest BCUT2D eigenvalue weighted by atomic mass is 32.1. The molecule has 0 amide bonds. The zero-order chi connectivity index (χ0) is 13.0. The van der Waals surface area contributed by atoms with Gasteiger partial charge >= 0.3 is 5.97 Å². The van der Waals surface area contributed by atoms with Gasteiger partial charge < -0.3 is 5.11 Å². The maximum absolute atomic E-state index is 12.8. The zero-order valence-corrected chi connectivity index (χ0v) is 10.4. The highest BCUT2D eigenvalue weighted by molar-refractivity contribution is 7.13. The molecule has 0 aliphatic rings. The first-order chi connectivity index (χ1) is 8.66. The van der Waals surface area contributed by atoms with Gasteiger partial charge in [0.05, 0.1) is 16.1 Å². The number of carboxylic acids is 1. The van der Waals surface area contributed by atoms with Crippen molar-refractivity contribution in [1.29, 1.82) is 0 Å². The van der Waals surface area contributed by atoms with Gasteiger partial charge in [-0.25, -0.2) is 9.37 Å². The maximum atomic E-state index is 12.8. The highest BCUT2D eigenvalue weighted by Gasteiger charge is 2.09. The molecular formula is C13H12FNO2S. The lowest BCUT2D eigenvalue weighted by Crippen LogP contribution is -1.96. The van der Waals surface area contributed by atoms with Gasteiger partial charge in [0.2, 0.25) is 0 Å². The van der Waals surface area contributed by atoms with Crippen molar-refractivity contribution < 1.29 is 14.3 Å². The molecule has 0 bridgehead atoms. The van der Waals surface area contributed by atoms with Crippen molar-refractivity contribution in [2.45, 2.75) is 19.3 Å². The number of rotatable bonds is 5. The number of nitrogens with zero attached hydrogens (tertiary/aromatic N) is 1. The molecular weight excluding hydrogens is 253 g/mol. The summed E-state index contributed by atoms with van der Waals surface area (Å²) in [5, 5.41) is 8.60. The second kappa shape index (κ2) is 5.73. The Hall–Kier alpha value is -1.75. The molecule has 94 valence electrons. The summed E-state index contributed by atoms with van der Waals surface area (Å²) in [4.78, 5) is 15.7. The predicted molar refractivity (Wildman–Crippen MR) is 68.1 cm³/mol. The average Bonchev–Trinajstić information content (AvgIpc) is 2.78. The summed E-state index contributed by atoms with van der Waals surface area (Å²) < 4.78 is 12.8. The third-order valence-corrected chi connectivity index (χ3v) is 3.47. The molecule has 0 spiro atoms. The summed E-state index contributed by atoms with van der Waals surface area (Å²) in [6.07, 6.45) is 1.33. The Morgan fingerprint density at radius 2 is 2.06 bits per heavy atom. The number of thiazole rings is 1. The number of halogens is 1. The Morgan fingerprint density at radius 3 is 2.72 bits per heavy atom. The van der Waals surface area contributed by atoms with E-state index in [0.717, 1.165) is 16.1 Å². The Balaban J connectivity index is 2.12. The van der Waals surface area contributed by atoms with Crippen LogP contribution in [0.3, 0.4) is 0 Å². The third-order valence-electron chi connectivity index (χ3n) is 2.55. The van der Waals surface area contributed by atoms with Crippen LogP contribution in [0.15, 0.2) is 29.8 Å². The average molecular weight is 265 g/mol. The minimum Gasteiger partial charge on any atom is -0.481 e. The first kappa shape index (κ1) is 12.7. The van der Waals surface area contributed by atoms with Gasteiger partial charge in [0.15, 0.2) is 0 Å². The Morgan fingerprint density at radius 1 is 1.33 bits per heavy atom. The first-order valence-corrected chi connectivity index (χ1v) is 6.45. The topological polar surface area (TPSA) is 50.2 Å². The van der Waals surface area contributed by atoms with E-state index in [0.29, 0.717) is 12.8 Å². The van der Waals surface area contributed by atoms with Crippen LogP contribution in [-0.2, 0) is 11.2 Å². The molecule has 0 unspecified atom stereocenters. The first-order valence-electron chi connectivity index (χ1n) is 5.57. The van der Waals surface area contributed by atoms with E-state index in [1.54, 1.807) is 17.6 Å². The fraction of sp³-hybridized carbons (Fsp3) is 0.231. The summed E-state index contributed by atoms with van der Waals surface area (Å²) in [5.41, 5.74) is 3.53. The molecule has 18 heavy (non-hydrogen) atoms. The van der Waals surface area contributed by atoms with Gasteiger partial charge in [0.1, 0.15) is 5.82 Å². The number of carboxylic acid groups (broad SMARTS) is 1. The number of carbonyl (C=O) groups is 1. The molecule has 0 saturated heterocycles. The van der Waals surface area contributed by atoms with Crippen LogP contribution in [0.25, 0.3) is 10.4 Å². The van der Waals surface area contributed by atoms with E-state index in [2.05, 4.69) is 4.98 Å². The summed E-state index contributed by atoms with van der Waals surface area (Å²) in [6, 6.07) is 6.25. The normalized spacial score (nSPS) is 10.5. The Labute approximate surface area is 108 Å². The molecule has 0 atom stereocenters. The van der Waals surface area contributed by atoms with E-state index in [1.165, 1.54) is 23.5 Å². The van der Waals surface area contributed by atoms with Crippen LogP contribution in [0.5, 0.6) is 0 Å². The summed E-state index contributed by atoms with van der Waals surface area (Å²) in [7, 11) is 0. The lowest BCUT2D eigenvalue weighted by atomic mass is 10.1. The van der Waals surface area contributed by atoms with Crippen molar-refractivity contribution >= 4 is 17.3 Å². The lowest BCUT2D eigenvalue weighted by Gasteiger charge is -2.02. The molecule has 1 aromatic carbocycles. The van der Waals surface area contributed by atoms with Gasteiger partial charge in [0.25, 0.3) is 0 Å². The van der Waals surface area contributed by atoms with E-state index >= 15 is 0 Å². The largest absolute Gasteiger partial charge is 0.481 e. The lowest BCUT2D eigenvalue weighted by molar-refractivity contribution is -0.137. The van der Waals surface area contributed by atoms with E-state index in [9.17, 15) is 9.18 Å². The molecule has 5 heteroatoms. The minimum absolute atomic E-state index is 0.139. The third kappa shape index (κ3) is 3.13. The SMILES string of the molecule is O=C(O)CCCc1ncsc1-c1ccc(F)cc1. The maximum Gasteiger partial charge on any atom is 0.303 e. The molecule has 0 fully saturated rings. The Kier molecular flexibility index (Phi) is 4.04. The Bertz CT molecular complexity index is 536. The summed E-state index contributed by atoms with van der Waals surface area (Å²) >= 11 is 1.49. The van der Waals surface area contributed by atoms with E-state index in [-0.39, 0.29) is 12.2 Å². The minimum atomic E-state index is -0.798. The number of hydrogen-bond donors (Lipinski definition) is 1. The molecule has 3 nitrogen and oxygen atoms in total. The molecule has 2 aromatic rings. The molecule has 1 aromatic heterocycles. The van der Waals surface area contributed by atoms with Gasteiger partial charge in [-0.1, -0.05) is 12.1 Å². The monoisotopic (exact) mass is 265 g/mol. The smallest absolute Gasteiger partial charge is 0.303 e. The van der Waals surface area contributed by atoms with Crippen LogP contribution in [0.2, 0.25) is 0 Å². The van der Waals surface area contributed by atoms with Crippen LogP contribution in [-0.4, -0.2) is 16.1 Å². The van der Waals surface area contributed by atoms with Gasteiger partial charge in [-0.15, -0.1) is 11.3 Å². The van der Waals surface area contributed by atoms with Crippen molar-refractivity contribution in [3.63, 3.8) is 0 Å². The molecule has 2 rings (SSSR count). The zero-order valence-electron chi connectivity index (χ0n) is 9.60. The molecule has 0 aliphatic carbocycles. The van der Waals surface area contributed by atoms with Crippen molar-refractivity contribution in [1.82, 2.24) is 4.98 Å². The van der Waals surface area contributed by atoms with E-state index in [4.69, 9.17) is 5.11 Å². The fourth-order valence-electron chi connectivity index (χ4n) is 1.69. The number of aryl methyl sites for hydroxylation is 1. The van der Waals surface area contributed by atoms with Gasteiger partial charge in [-0.2, -0.15) is 0 Å². The van der Waals surface area contributed by atoms with Gasteiger partial charge in [-0.3, -0.25) is 4.79 Å².